The molecule has 2 N–H and O–H groups in total. The van der Waals surface area contributed by atoms with Gasteiger partial charge in [-0.15, -0.1) is 0 Å². The summed E-state index contributed by atoms with van der Waals surface area (Å²) in [7, 11) is 0. The highest BCUT2D eigenvalue weighted by molar-refractivity contribution is 5.93. The zero-order chi connectivity index (χ0) is 11.8. The van der Waals surface area contributed by atoms with Crippen molar-refractivity contribution in [1.29, 1.82) is 0 Å². The topological polar surface area (TPSA) is 71.1 Å². The fourth-order valence-corrected chi connectivity index (χ4v) is 1.03. The van der Waals surface area contributed by atoms with E-state index < -0.39 is 0 Å². The monoisotopic (exact) mass is 219 g/mol. The van der Waals surface area contributed by atoms with Crippen LogP contribution in [0.4, 0.5) is 0 Å². The second-order valence-electron chi connectivity index (χ2n) is 2.99. The van der Waals surface area contributed by atoms with Crippen LogP contribution in [0, 0.1) is 0 Å². The molecule has 0 bridgehead atoms. The first-order valence-electron chi connectivity index (χ1n) is 4.82. The van der Waals surface area contributed by atoms with Crippen LogP contribution in [0.1, 0.15) is 10.4 Å². The van der Waals surface area contributed by atoms with Crippen LogP contribution in [0.2, 0.25) is 0 Å². The van der Waals surface area contributed by atoms with E-state index in [0.29, 0.717) is 18.7 Å². The van der Waals surface area contributed by atoms with Crippen LogP contribution in [0.15, 0.2) is 37.2 Å². The first kappa shape index (κ1) is 11.9. The molecule has 0 aliphatic carbocycles. The third-order valence-corrected chi connectivity index (χ3v) is 1.82. The maximum absolute atomic E-state index is 11.5. The van der Waals surface area contributed by atoms with Gasteiger partial charge in [-0.3, -0.25) is 14.6 Å². The van der Waals surface area contributed by atoms with Crippen molar-refractivity contribution >= 4 is 11.8 Å². The van der Waals surface area contributed by atoms with Gasteiger partial charge in [0, 0.05) is 25.5 Å². The molecule has 0 atom stereocenters. The number of nitrogens with zero attached hydrogens (tertiary/aromatic N) is 1. The van der Waals surface area contributed by atoms with Crippen molar-refractivity contribution in [2.45, 2.75) is 0 Å². The maximum atomic E-state index is 11.5. The number of rotatable bonds is 5. The lowest BCUT2D eigenvalue weighted by molar-refractivity contribution is -0.116. The molecule has 0 fully saturated rings. The van der Waals surface area contributed by atoms with Crippen LogP contribution in [-0.2, 0) is 4.79 Å². The molecule has 0 saturated carbocycles. The van der Waals surface area contributed by atoms with Crippen LogP contribution < -0.4 is 10.6 Å². The van der Waals surface area contributed by atoms with E-state index in [9.17, 15) is 9.59 Å². The summed E-state index contributed by atoms with van der Waals surface area (Å²) in [6, 6.07) is 3.36. The molecule has 0 aliphatic rings. The average molecular weight is 219 g/mol. The lowest BCUT2D eigenvalue weighted by Gasteiger charge is -2.05. The number of nitrogens with one attached hydrogen (secondary N) is 2. The summed E-state index contributed by atoms with van der Waals surface area (Å²) in [4.78, 5) is 26.1. The molecule has 84 valence electrons. The molecule has 2 amide bonds. The quantitative estimate of drug-likeness (QED) is 0.545. The number of hydrogen-bond acceptors (Lipinski definition) is 3. The van der Waals surface area contributed by atoms with Crippen molar-refractivity contribution in [2.75, 3.05) is 13.1 Å². The number of hydrogen-bond donors (Lipinski definition) is 2. The lowest BCUT2D eigenvalue weighted by Crippen LogP contribution is -2.33. The molecule has 0 aromatic carbocycles. The summed E-state index contributed by atoms with van der Waals surface area (Å²) >= 11 is 0. The minimum Gasteiger partial charge on any atom is -0.351 e. The Morgan fingerprint density at radius 2 is 2.12 bits per heavy atom. The highest BCUT2D eigenvalue weighted by atomic mass is 16.2. The Bertz CT molecular complexity index is 376. The second kappa shape index (κ2) is 6.34. The molecule has 0 unspecified atom stereocenters. The molecule has 0 spiro atoms. The van der Waals surface area contributed by atoms with Gasteiger partial charge in [0.15, 0.2) is 0 Å². The first-order chi connectivity index (χ1) is 7.74. The molecule has 0 aliphatic heterocycles. The Kier molecular flexibility index (Phi) is 4.72. The normalized spacial score (nSPS) is 9.25. The summed E-state index contributed by atoms with van der Waals surface area (Å²) in [6.45, 7) is 4.05. The van der Waals surface area contributed by atoms with Crippen LogP contribution in [0.25, 0.3) is 0 Å². The molecule has 0 radical (unpaired) electrons. The molecule has 5 heteroatoms. The number of pyridine rings is 1. The van der Waals surface area contributed by atoms with Crippen molar-refractivity contribution < 1.29 is 9.59 Å². The minimum atomic E-state index is -0.254. The van der Waals surface area contributed by atoms with Gasteiger partial charge in [-0.1, -0.05) is 6.58 Å². The van der Waals surface area contributed by atoms with E-state index in [-0.39, 0.29) is 11.8 Å². The second-order valence-corrected chi connectivity index (χ2v) is 2.99. The third-order valence-electron chi connectivity index (χ3n) is 1.82. The molecular formula is C11H13N3O2. The average Bonchev–Trinajstić information content (AvgIpc) is 2.35. The van der Waals surface area contributed by atoms with E-state index in [4.69, 9.17) is 0 Å². The Morgan fingerprint density at radius 1 is 1.38 bits per heavy atom. The zero-order valence-corrected chi connectivity index (χ0v) is 8.77. The summed E-state index contributed by atoms with van der Waals surface area (Å²) in [5, 5.41) is 5.20. The van der Waals surface area contributed by atoms with Crippen LogP contribution in [-0.4, -0.2) is 29.9 Å². The Balaban J connectivity index is 2.26. The lowest BCUT2D eigenvalue weighted by atomic mass is 10.3. The van der Waals surface area contributed by atoms with E-state index in [2.05, 4.69) is 22.2 Å². The van der Waals surface area contributed by atoms with Gasteiger partial charge in [-0.05, 0) is 18.2 Å². The molecule has 1 rings (SSSR count). The SMILES string of the molecule is C=CC(=O)NCCNC(=O)c1cccnc1. The number of aromatic nitrogens is 1. The Hall–Kier alpha value is -2.17. The third kappa shape index (κ3) is 3.91. The smallest absolute Gasteiger partial charge is 0.252 e. The van der Waals surface area contributed by atoms with Crippen molar-refractivity contribution in [3.8, 4) is 0 Å². The van der Waals surface area contributed by atoms with Crippen LogP contribution in [0.5, 0.6) is 0 Å². The van der Waals surface area contributed by atoms with E-state index >= 15 is 0 Å². The minimum absolute atomic E-state index is 0.207. The van der Waals surface area contributed by atoms with Crippen molar-refractivity contribution in [3.05, 3.63) is 42.7 Å². The number of carbonyl (C=O) groups is 2. The van der Waals surface area contributed by atoms with Crippen LogP contribution in [0.3, 0.4) is 0 Å². The fraction of sp³-hybridized carbons (Fsp3) is 0.182. The van der Waals surface area contributed by atoms with Gasteiger partial charge in [0.05, 0.1) is 5.56 Å². The summed E-state index contributed by atoms with van der Waals surface area (Å²) < 4.78 is 0. The van der Waals surface area contributed by atoms with Crippen molar-refractivity contribution in [2.24, 2.45) is 0 Å². The van der Waals surface area contributed by atoms with Gasteiger partial charge in [0.25, 0.3) is 5.91 Å². The van der Waals surface area contributed by atoms with E-state index in [0.717, 1.165) is 0 Å². The Labute approximate surface area is 93.6 Å². The van der Waals surface area contributed by atoms with Crippen molar-refractivity contribution in [3.63, 3.8) is 0 Å². The fourth-order valence-electron chi connectivity index (χ4n) is 1.03. The molecule has 16 heavy (non-hydrogen) atoms. The van der Waals surface area contributed by atoms with Crippen LogP contribution >= 0.6 is 0 Å². The van der Waals surface area contributed by atoms with E-state index in [1.54, 1.807) is 18.3 Å². The Morgan fingerprint density at radius 3 is 2.75 bits per heavy atom. The molecule has 1 heterocycles. The molecule has 1 aromatic heterocycles. The van der Waals surface area contributed by atoms with Gasteiger partial charge in [0.1, 0.15) is 0 Å². The number of carbonyl (C=O) groups excluding carboxylic acids is 2. The molecule has 1 aromatic rings. The predicted octanol–water partition coefficient (Wildman–Crippen LogP) is 0.114. The van der Waals surface area contributed by atoms with Gasteiger partial charge in [0.2, 0.25) is 5.91 Å². The van der Waals surface area contributed by atoms with Gasteiger partial charge >= 0.3 is 0 Å². The molecule has 0 saturated heterocycles. The molecule has 5 nitrogen and oxygen atoms in total. The van der Waals surface area contributed by atoms with Gasteiger partial charge < -0.3 is 10.6 Å². The zero-order valence-electron chi connectivity index (χ0n) is 8.77. The summed E-state index contributed by atoms with van der Waals surface area (Å²) in [6.07, 6.45) is 4.27. The highest BCUT2D eigenvalue weighted by Gasteiger charge is 2.03. The van der Waals surface area contributed by atoms with Gasteiger partial charge in [-0.25, -0.2) is 0 Å². The van der Waals surface area contributed by atoms with E-state index in [1.807, 2.05) is 0 Å². The number of amides is 2. The predicted molar refractivity (Wildman–Crippen MR) is 59.8 cm³/mol. The highest BCUT2D eigenvalue weighted by Crippen LogP contribution is 1.93. The van der Waals surface area contributed by atoms with E-state index in [1.165, 1.54) is 12.3 Å². The molecular weight excluding hydrogens is 206 g/mol. The summed E-state index contributed by atoms with van der Waals surface area (Å²) in [5.74, 6) is -0.462. The standard InChI is InChI=1S/C11H13N3O2/c1-2-10(15)13-6-7-14-11(16)9-4-3-5-12-8-9/h2-5,8H,1,6-7H2,(H,13,15)(H,14,16). The van der Waals surface area contributed by atoms with Crippen molar-refractivity contribution in [1.82, 2.24) is 15.6 Å². The maximum Gasteiger partial charge on any atom is 0.252 e. The largest absolute Gasteiger partial charge is 0.351 e. The van der Waals surface area contributed by atoms with Gasteiger partial charge in [-0.2, -0.15) is 0 Å². The first-order valence-corrected chi connectivity index (χ1v) is 4.82. The summed E-state index contributed by atoms with van der Waals surface area (Å²) in [5.41, 5.74) is 0.498.